The molecule has 0 aliphatic carbocycles. The molecule has 0 unspecified atom stereocenters. The van der Waals surface area contributed by atoms with Crippen LogP contribution < -0.4 is 0 Å². The van der Waals surface area contributed by atoms with E-state index in [1.165, 1.54) is 11.8 Å². The van der Waals surface area contributed by atoms with E-state index in [1.807, 2.05) is 29.8 Å². The monoisotopic (exact) mass is 441 g/mol. The van der Waals surface area contributed by atoms with E-state index < -0.39 is 0 Å². The zero-order valence-corrected chi connectivity index (χ0v) is 19.9. The second kappa shape index (κ2) is 8.86. The largest absolute Gasteiger partial charge is 0.507 e. The van der Waals surface area contributed by atoms with Gasteiger partial charge in [0, 0.05) is 30.3 Å². The molecule has 2 heterocycles. The second-order valence-electron chi connectivity index (χ2n) is 9.81. The van der Waals surface area contributed by atoms with Gasteiger partial charge < -0.3 is 10.0 Å². The Morgan fingerprint density at radius 1 is 1.13 bits per heavy atom. The second-order valence-corrected chi connectivity index (χ2v) is 10.8. The molecule has 7 nitrogen and oxygen atoms in total. The van der Waals surface area contributed by atoms with Gasteiger partial charge in [0.1, 0.15) is 5.75 Å². The molecular weight excluding hydrogens is 410 g/mol. The lowest BCUT2D eigenvalue weighted by atomic mass is 9.78. The number of phenolic OH excluding ortho intramolecular Hbond substituents is 1. The number of nitrogens with zero attached hydrogens (tertiary/aromatic N) is 4. The molecule has 3 rings (SSSR count). The van der Waals surface area contributed by atoms with Crippen molar-refractivity contribution in [3.8, 4) is 5.75 Å². The lowest BCUT2D eigenvalue weighted by Gasteiger charge is -2.28. The van der Waals surface area contributed by atoms with Gasteiger partial charge in [-0.2, -0.15) is 5.21 Å². The van der Waals surface area contributed by atoms with E-state index in [9.17, 15) is 9.90 Å². The van der Waals surface area contributed by atoms with E-state index in [4.69, 9.17) is 0 Å². The first-order chi connectivity index (χ1) is 14.5. The number of aromatic hydroxyl groups is 1. The molecule has 0 spiro atoms. The number of hydrogen-bond donors (Lipinski definition) is 2. The fourth-order valence-electron chi connectivity index (χ4n) is 3.44. The molecule has 0 radical (unpaired) electrons. The first kappa shape index (κ1) is 23.1. The van der Waals surface area contributed by atoms with Gasteiger partial charge in [-0.05, 0) is 46.4 Å². The average molecular weight is 442 g/mol. The van der Waals surface area contributed by atoms with Crippen molar-refractivity contribution in [2.75, 3.05) is 6.54 Å². The number of rotatable bonds is 5. The topological polar surface area (TPSA) is 95.0 Å². The minimum atomic E-state index is -0.219. The fraction of sp³-hybridized carbons (Fsp3) is 0.478. The van der Waals surface area contributed by atoms with Gasteiger partial charge in [0.15, 0.2) is 5.82 Å². The minimum absolute atomic E-state index is 0.0247. The smallest absolute Gasteiger partial charge is 0.264 e. The number of thioether (sulfide) groups is 1. The number of aromatic nitrogens is 4. The summed E-state index contributed by atoms with van der Waals surface area (Å²) < 4.78 is 0. The first-order valence-electron chi connectivity index (χ1n) is 10.4. The molecule has 0 atom stereocenters. The average Bonchev–Trinajstić information content (AvgIpc) is 3.17. The predicted octanol–water partition coefficient (Wildman–Crippen LogP) is 4.52. The number of aromatic amines is 1. The van der Waals surface area contributed by atoms with Crippen LogP contribution in [0.5, 0.6) is 5.75 Å². The molecule has 0 saturated carbocycles. The number of nitrogens with one attached hydrogen (secondary N) is 1. The van der Waals surface area contributed by atoms with Gasteiger partial charge in [-0.15, -0.1) is 10.2 Å². The van der Waals surface area contributed by atoms with Crippen molar-refractivity contribution in [2.24, 2.45) is 0 Å². The number of hydrogen-bond acceptors (Lipinski definition) is 6. The highest BCUT2D eigenvalue weighted by atomic mass is 32.2. The number of carbonyl (C=O) groups is 1. The molecule has 8 heteroatoms. The van der Waals surface area contributed by atoms with Crippen LogP contribution in [0, 0.1) is 0 Å². The quantitative estimate of drug-likeness (QED) is 0.663. The van der Waals surface area contributed by atoms with Crippen LogP contribution in [0.3, 0.4) is 0 Å². The van der Waals surface area contributed by atoms with Crippen LogP contribution in [-0.4, -0.2) is 43.1 Å². The molecule has 2 N–H and O–H groups in total. The van der Waals surface area contributed by atoms with Gasteiger partial charge in [-0.1, -0.05) is 58.5 Å². The summed E-state index contributed by atoms with van der Waals surface area (Å²) in [5.74, 6) is 0.961. The Hall–Kier alpha value is -2.61. The number of benzene rings is 1. The first-order valence-corrected chi connectivity index (χ1v) is 11.3. The van der Waals surface area contributed by atoms with Crippen molar-refractivity contribution in [1.82, 2.24) is 25.5 Å². The molecule has 0 bridgehead atoms. The summed E-state index contributed by atoms with van der Waals surface area (Å²) in [6.07, 6.45) is 5.14. The molecule has 2 aromatic rings. The summed E-state index contributed by atoms with van der Waals surface area (Å²) >= 11 is 1.42. The molecule has 31 heavy (non-hydrogen) atoms. The summed E-state index contributed by atoms with van der Waals surface area (Å²) in [4.78, 5) is 15.4. The standard InChI is InChI=1S/C23H31N5O2S/c1-22(2,3)16-12-15(13-17(20(16)29)23(4,5)6)14-18-21(30)28(10-11-31-18)9-7-8-19-24-26-27-25-19/h10-14,29H,7-9H2,1-6H3,(H,24,25,26,27)/b18-14-. The van der Waals surface area contributed by atoms with Crippen molar-refractivity contribution in [1.29, 1.82) is 0 Å². The van der Waals surface area contributed by atoms with Crippen LogP contribution in [0.1, 0.15) is 70.5 Å². The third-order valence-electron chi connectivity index (χ3n) is 5.14. The molecule has 1 aromatic carbocycles. The summed E-state index contributed by atoms with van der Waals surface area (Å²) in [5, 5.41) is 26.7. The van der Waals surface area contributed by atoms with Crippen molar-refractivity contribution >= 4 is 23.7 Å². The molecular formula is C23H31N5O2S. The Morgan fingerprint density at radius 2 is 1.77 bits per heavy atom. The highest BCUT2D eigenvalue weighted by Gasteiger charge is 2.27. The maximum absolute atomic E-state index is 13.0. The maximum Gasteiger partial charge on any atom is 0.264 e. The molecule has 1 aliphatic heterocycles. The van der Waals surface area contributed by atoms with Gasteiger partial charge in [0.05, 0.1) is 4.91 Å². The van der Waals surface area contributed by atoms with E-state index in [0.717, 1.165) is 23.1 Å². The number of carbonyl (C=O) groups excluding carboxylic acids is 1. The molecule has 1 aliphatic rings. The summed E-state index contributed by atoms with van der Waals surface area (Å²) in [7, 11) is 0. The number of aryl methyl sites for hydroxylation is 1. The van der Waals surface area contributed by atoms with Crippen LogP contribution in [0.2, 0.25) is 0 Å². The zero-order chi connectivity index (χ0) is 22.8. The fourth-order valence-corrected chi connectivity index (χ4v) is 4.22. The Kier molecular flexibility index (Phi) is 6.59. The van der Waals surface area contributed by atoms with Gasteiger partial charge >= 0.3 is 0 Å². The van der Waals surface area contributed by atoms with Crippen LogP contribution in [-0.2, 0) is 22.0 Å². The third kappa shape index (κ3) is 5.55. The highest BCUT2D eigenvalue weighted by Crippen LogP contribution is 2.40. The van der Waals surface area contributed by atoms with E-state index in [2.05, 4.69) is 62.2 Å². The van der Waals surface area contributed by atoms with Gasteiger partial charge in [-0.3, -0.25) is 4.79 Å². The van der Waals surface area contributed by atoms with Crippen molar-refractivity contribution in [3.05, 3.63) is 51.2 Å². The lowest BCUT2D eigenvalue weighted by molar-refractivity contribution is -0.124. The van der Waals surface area contributed by atoms with Gasteiger partial charge in [-0.25, -0.2) is 0 Å². The van der Waals surface area contributed by atoms with E-state index in [0.29, 0.717) is 29.4 Å². The summed E-state index contributed by atoms with van der Waals surface area (Å²) in [5.41, 5.74) is 2.25. The SMILES string of the molecule is CC(C)(C)c1cc(/C=C2\SC=CN(CCCc3nn[nH]n3)C2=O)cc(C(C)(C)C)c1O. The summed E-state index contributed by atoms with van der Waals surface area (Å²) in [6.45, 7) is 13.1. The number of amides is 1. The zero-order valence-electron chi connectivity index (χ0n) is 19.1. The summed E-state index contributed by atoms with van der Waals surface area (Å²) in [6, 6.07) is 3.98. The van der Waals surface area contributed by atoms with Crippen molar-refractivity contribution < 1.29 is 9.90 Å². The van der Waals surface area contributed by atoms with E-state index in [-0.39, 0.29) is 16.7 Å². The Bertz CT molecular complexity index is 963. The van der Waals surface area contributed by atoms with Crippen LogP contribution >= 0.6 is 11.8 Å². The molecule has 1 aromatic heterocycles. The molecule has 0 saturated heterocycles. The van der Waals surface area contributed by atoms with Gasteiger partial charge in [0.2, 0.25) is 0 Å². The number of phenols is 1. The molecule has 1 amide bonds. The minimum Gasteiger partial charge on any atom is -0.507 e. The maximum atomic E-state index is 13.0. The molecule has 166 valence electrons. The number of tetrazole rings is 1. The normalized spacial score (nSPS) is 16.4. The lowest BCUT2D eigenvalue weighted by Crippen LogP contribution is -2.29. The van der Waals surface area contributed by atoms with Crippen molar-refractivity contribution in [2.45, 2.75) is 65.2 Å². The predicted molar refractivity (Wildman–Crippen MR) is 124 cm³/mol. The van der Waals surface area contributed by atoms with Gasteiger partial charge in [0.25, 0.3) is 5.91 Å². The van der Waals surface area contributed by atoms with Crippen LogP contribution in [0.4, 0.5) is 0 Å². The van der Waals surface area contributed by atoms with E-state index >= 15 is 0 Å². The van der Waals surface area contributed by atoms with E-state index in [1.54, 1.807) is 4.90 Å². The van der Waals surface area contributed by atoms with Crippen LogP contribution in [0.25, 0.3) is 6.08 Å². The highest BCUT2D eigenvalue weighted by molar-refractivity contribution is 8.06. The third-order valence-corrected chi connectivity index (χ3v) is 5.95. The van der Waals surface area contributed by atoms with Crippen molar-refractivity contribution in [3.63, 3.8) is 0 Å². The Morgan fingerprint density at radius 3 is 2.32 bits per heavy atom. The number of H-pyrrole nitrogens is 1. The Labute approximate surface area is 188 Å². The molecule has 0 fully saturated rings. The van der Waals surface area contributed by atoms with Crippen LogP contribution in [0.15, 0.2) is 28.6 Å². The Balaban J connectivity index is 1.86.